The van der Waals surface area contributed by atoms with E-state index < -0.39 is 10.0 Å². The highest BCUT2D eigenvalue weighted by atomic mass is 32.2. The van der Waals surface area contributed by atoms with Crippen LogP contribution in [0.2, 0.25) is 0 Å². The van der Waals surface area contributed by atoms with E-state index in [4.69, 9.17) is 0 Å². The molecule has 7 heteroatoms. The zero-order chi connectivity index (χ0) is 17.9. The molecule has 132 valence electrons. The lowest BCUT2D eigenvalue weighted by molar-refractivity contribution is -0.120. The van der Waals surface area contributed by atoms with Gasteiger partial charge >= 0.3 is 0 Å². The standard InChI is InChI=1S/C18H19FN2O3S/c19-15-5-1-13(2-6-15)11-18(22)20-12-14-3-9-17(10-4-14)25(23,24)21-16-7-8-16/h1-6,9-10,16,21H,7-8,11-12H2,(H,20,22). The molecule has 0 heterocycles. The van der Waals surface area contributed by atoms with Gasteiger partial charge in [-0.25, -0.2) is 17.5 Å². The van der Waals surface area contributed by atoms with E-state index in [0.717, 1.165) is 24.0 Å². The summed E-state index contributed by atoms with van der Waals surface area (Å²) in [7, 11) is -3.46. The molecule has 2 aromatic carbocycles. The SMILES string of the molecule is O=C(Cc1ccc(F)cc1)NCc1ccc(S(=O)(=O)NC2CC2)cc1. The van der Waals surface area contributed by atoms with Crippen LogP contribution in [0.4, 0.5) is 4.39 Å². The summed E-state index contributed by atoms with van der Waals surface area (Å²) in [4.78, 5) is 12.1. The molecular weight excluding hydrogens is 343 g/mol. The maximum Gasteiger partial charge on any atom is 0.240 e. The summed E-state index contributed by atoms with van der Waals surface area (Å²) in [6.07, 6.45) is 1.94. The number of hydrogen-bond donors (Lipinski definition) is 2. The van der Waals surface area contributed by atoms with Crippen LogP contribution in [0.15, 0.2) is 53.4 Å². The molecule has 2 aromatic rings. The molecule has 0 aromatic heterocycles. The lowest BCUT2D eigenvalue weighted by Gasteiger charge is -2.08. The first-order chi connectivity index (χ1) is 11.9. The molecule has 1 saturated carbocycles. The molecular formula is C18H19FN2O3S. The molecule has 5 nitrogen and oxygen atoms in total. The van der Waals surface area contributed by atoms with Crippen LogP contribution in [0.3, 0.4) is 0 Å². The van der Waals surface area contributed by atoms with E-state index in [9.17, 15) is 17.6 Å². The number of hydrogen-bond acceptors (Lipinski definition) is 3. The van der Waals surface area contributed by atoms with Gasteiger partial charge in [-0.2, -0.15) is 0 Å². The maximum absolute atomic E-state index is 12.8. The van der Waals surface area contributed by atoms with Crippen LogP contribution in [-0.2, 0) is 27.8 Å². The van der Waals surface area contributed by atoms with Crippen molar-refractivity contribution in [3.63, 3.8) is 0 Å². The Labute approximate surface area is 146 Å². The smallest absolute Gasteiger partial charge is 0.240 e. The van der Waals surface area contributed by atoms with Crippen molar-refractivity contribution < 1.29 is 17.6 Å². The van der Waals surface area contributed by atoms with Gasteiger partial charge in [-0.15, -0.1) is 0 Å². The van der Waals surface area contributed by atoms with Gasteiger partial charge in [-0.3, -0.25) is 4.79 Å². The summed E-state index contributed by atoms with van der Waals surface area (Å²) in [6.45, 7) is 0.302. The number of benzene rings is 2. The fourth-order valence-electron chi connectivity index (χ4n) is 2.33. The highest BCUT2D eigenvalue weighted by Crippen LogP contribution is 2.22. The zero-order valence-electron chi connectivity index (χ0n) is 13.5. The second-order valence-electron chi connectivity index (χ2n) is 6.12. The largest absolute Gasteiger partial charge is 0.352 e. The number of halogens is 1. The Kier molecular flexibility index (Phi) is 5.15. The average Bonchev–Trinajstić information content (AvgIpc) is 3.39. The quantitative estimate of drug-likeness (QED) is 0.792. The van der Waals surface area contributed by atoms with Crippen molar-refractivity contribution in [1.82, 2.24) is 10.0 Å². The second kappa shape index (κ2) is 7.33. The molecule has 2 N–H and O–H groups in total. The van der Waals surface area contributed by atoms with E-state index in [1.54, 1.807) is 24.3 Å². The molecule has 25 heavy (non-hydrogen) atoms. The van der Waals surface area contributed by atoms with Gasteiger partial charge in [-0.1, -0.05) is 24.3 Å². The third-order valence-electron chi connectivity index (χ3n) is 3.90. The molecule has 0 radical (unpaired) electrons. The maximum atomic E-state index is 12.8. The number of sulfonamides is 1. The number of carbonyl (C=O) groups excluding carboxylic acids is 1. The van der Waals surface area contributed by atoms with Gasteiger partial charge in [-0.05, 0) is 48.2 Å². The zero-order valence-corrected chi connectivity index (χ0v) is 14.4. The number of amides is 1. The lowest BCUT2D eigenvalue weighted by atomic mass is 10.1. The third kappa shape index (κ3) is 5.11. The molecule has 1 fully saturated rings. The highest BCUT2D eigenvalue weighted by Gasteiger charge is 2.27. The van der Waals surface area contributed by atoms with E-state index in [2.05, 4.69) is 10.0 Å². The van der Waals surface area contributed by atoms with Crippen molar-refractivity contribution in [3.8, 4) is 0 Å². The normalized spacial score (nSPS) is 14.3. The van der Waals surface area contributed by atoms with Crippen LogP contribution in [0.5, 0.6) is 0 Å². The van der Waals surface area contributed by atoms with Crippen LogP contribution in [0.25, 0.3) is 0 Å². The molecule has 1 amide bonds. The predicted molar refractivity (Wildman–Crippen MR) is 91.7 cm³/mol. The Morgan fingerprint density at radius 3 is 2.20 bits per heavy atom. The minimum absolute atomic E-state index is 0.0652. The molecule has 1 aliphatic carbocycles. The number of carbonyl (C=O) groups is 1. The summed E-state index contributed by atoms with van der Waals surface area (Å²) in [5.74, 6) is -0.519. The molecule has 0 bridgehead atoms. The monoisotopic (exact) mass is 362 g/mol. The van der Waals surface area contributed by atoms with Gasteiger partial charge in [0.1, 0.15) is 5.82 Å². The van der Waals surface area contributed by atoms with E-state index >= 15 is 0 Å². The molecule has 0 unspecified atom stereocenters. The van der Waals surface area contributed by atoms with Crippen LogP contribution < -0.4 is 10.0 Å². The second-order valence-corrected chi connectivity index (χ2v) is 7.83. The van der Waals surface area contributed by atoms with Gasteiger partial charge in [0.05, 0.1) is 11.3 Å². The molecule has 0 saturated heterocycles. The van der Waals surface area contributed by atoms with Gasteiger partial charge in [0.2, 0.25) is 15.9 Å². The van der Waals surface area contributed by atoms with Gasteiger partial charge in [0.15, 0.2) is 0 Å². The molecule has 0 atom stereocenters. The van der Waals surface area contributed by atoms with Gasteiger partial charge in [0, 0.05) is 12.6 Å². The summed E-state index contributed by atoms with van der Waals surface area (Å²) >= 11 is 0. The first-order valence-corrected chi connectivity index (χ1v) is 9.53. The third-order valence-corrected chi connectivity index (χ3v) is 5.44. The van der Waals surface area contributed by atoms with Crippen molar-refractivity contribution in [2.75, 3.05) is 0 Å². The topological polar surface area (TPSA) is 75.3 Å². The van der Waals surface area contributed by atoms with E-state index in [0.29, 0.717) is 6.54 Å². The fraction of sp³-hybridized carbons (Fsp3) is 0.278. The summed E-state index contributed by atoms with van der Waals surface area (Å²) < 4.78 is 39.6. The summed E-state index contributed by atoms with van der Waals surface area (Å²) in [5.41, 5.74) is 1.53. The number of rotatable bonds is 7. The Hall–Kier alpha value is -2.25. The molecule has 0 spiro atoms. The Balaban J connectivity index is 1.52. The van der Waals surface area contributed by atoms with Crippen molar-refractivity contribution in [2.45, 2.75) is 36.7 Å². The minimum Gasteiger partial charge on any atom is -0.352 e. The first kappa shape index (κ1) is 17.6. The highest BCUT2D eigenvalue weighted by molar-refractivity contribution is 7.89. The minimum atomic E-state index is -3.46. The van der Waals surface area contributed by atoms with Gasteiger partial charge < -0.3 is 5.32 Å². The molecule has 0 aliphatic heterocycles. The van der Waals surface area contributed by atoms with Crippen molar-refractivity contribution in [3.05, 3.63) is 65.5 Å². The predicted octanol–water partition coefficient (Wildman–Crippen LogP) is 2.13. The van der Waals surface area contributed by atoms with Gasteiger partial charge in [0.25, 0.3) is 0 Å². The Bertz CT molecular complexity index is 845. The van der Waals surface area contributed by atoms with Crippen molar-refractivity contribution in [2.24, 2.45) is 0 Å². The Morgan fingerprint density at radius 2 is 1.60 bits per heavy atom. The lowest BCUT2D eigenvalue weighted by Crippen LogP contribution is -2.26. The Morgan fingerprint density at radius 1 is 1.00 bits per heavy atom. The van der Waals surface area contributed by atoms with E-state index in [1.807, 2.05) is 0 Å². The molecule has 3 rings (SSSR count). The first-order valence-electron chi connectivity index (χ1n) is 8.05. The van der Waals surface area contributed by atoms with Crippen LogP contribution in [-0.4, -0.2) is 20.4 Å². The average molecular weight is 362 g/mol. The van der Waals surface area contributed by atoms with E-state index in [1.165, 1.54) is 24.3 Å². The van der Waals surface area contributed by atoms with Crippen LogP contribution >= 0.6 is 0 Å². The summed E-state index contributed by atoms with van der Waals surface area (Å²) in [5, 5.41) is 2.76. The van der Waals surface area contributed by atoms with Crippen molar-refractivity contribution in [1.29, 1.82) is 0 Å². The number of nitrogens with one attached hydrogen (secondary N) is 2. The van der Waals surface area contributed by atoms with Crippen molar-refractivity contribution >= 4 is 15.9 Å². The fourth-order valence-corrected chi connectivity index (χ4v) is 3.63. The molecule has 1 aliphatic rings. The van der Waals surface area contributed by atoms with E-state index in [-0.39, 0.29) is 29.1 Å². The van der Waals surface area contributed by atoms with Crippen LogP contribution in [0.1, 0.15) is 24.0 Å². The summed E-state index contributed by atoms with van der Waals surface area (Å²) in [6, 6.07) is 12.3. The van der Waals surface area contributed by atoms with Crippen LogP contribution in [0, 0.1) is 5.82 Å².